The zero-order chi connectivity index (χ0) is 29.8. The summed E-state index contributed by atoms with van der Waals surface area (Å²) >= 11 is 0. The average Bonchev–Trinajstić information content (AvgIpc) is 3.11. The van der Waals surface area contributed by atoms with E-state index in [0.717, 1.165) is 37.4 Å². The van der Waals surface area contributed by atoms with Gasteiger partial charge >= 0.3 is 12.1 Å². The lowest BCUT2D eigenvalue weighted by molar-refractivity contribution is -0.192. The van der Waals surface area contributed by atoms with Crippen LogP contribution in [0.1, 0.15) is 81.3 Å². The highest BCUT2D eigenvalue weighted by molar-refractivity contribution is 6.04. The van der Waals surface area contributed by atoms with Gasteiger partial charge in [0.25, 0.3) is 5.91 Å². The number of rotatable bonds is 9. The molecule has 0 spiro atoms. The van der Waals surface area contributed by atoms with Crippen LogP contribution in [0.5, 0.6) is 0 Å². The molecule has 3 rings (SSSR count). The van der Waals surface area contributed by atoms with Crippen LogP contribution in [0.15, 0.2) is 48.5 Å². The normalized spacial score (nSPS) is 15.1. The van der Waals surface area contributed by atoms with E-state index in [4.69, 9.17) is 9.90 Å². The fourth-order valence-corrected chi connectivity index (χ4v) is 4.49. The van der Waals surface area contributed by atoms with Crippen molar-refractivity contribution in [3.8, 4) is 0 Å². The van der Waals surface area contributed by atoms with Gasteiger partial charge in [0.15, 0.2) is 0 Å². The van der Waals surface area contributed by atoms with Crippen molar-refractivity contribution < 1.29 is 27.9 Å². The highest BCUT2D eigenvalue weighted by Gasteiger charge is 2.38. The molecule has 0 aliphatic carbocycles. The van der Waals surface area contributed by atoms with E-state index in [2.05, 4.69) is 61.0 Å². The molecule has 1 saturated heterocycles. The Balaban J connectivity index is 0.000000708. The van der Waals surface area contributed by atoms with Crippen LogP contribution in [0.2, 0.25) is 0 Å². The standard InChI is InChI=1S/C29H43N3O.C2HF3O2/c1-5-6-7-8-17-31-18-10-19-32(21-20-31)23-24-11-9-12-25(22-24)28(33)30-27-15-13-26(14-16-27)29(2,3)4;3-2(4,5)1(6)7/h9,11-16,22H,5-8,10,17-21,23H2,1-4H3,(H,30,33);(H,6,7). The van der Waals surface area contributed by atoms with Gasteiger partial charge in [-0.3, -0.25) is 9.69 Å². The van der Waals surface area contributed by atoms with Crippen molar-refractivity contribution in [2.45, 2.75) is 77.9 Å². The second-order valence-corrected chi connectivity index (χ2v) is 11.3. The second kappa shape index (κ2) is 15.8. The summed E-state index contributed by atoms with van der Waals surface area (Å²) in [7, 11) is 0. The summed E-state index contributed by atoms with van der Waals surface area (Å²) in [6, 6.07) is 16.3. The van der Waals surface area contributed by atoms with E-state index in [9.17, 15) is 18.0 Å². The van der Waals surface area contributed by atoms with Crippen molar-refractivity contribution >= 4 is 17.6 Å². The fraction of sp³-hybridized carbons (Fsp3) is 0.548. The number of hydrogen-bond donors (Lipinski definition) is 2. The van der Waals surface area contributed by atoms with Crippen LogP contribution in [-0.2, 0) is 16.8 Å². The summed E-state index contributed by atoms with van der Waals surface area (Å²) in [4.78, 5) is 26.9. The maximum absolute atomic E-state index is 12.9. The summed E-state index contributed by atoms with van der Waals surface area (Å²) in [5, 5.41) is 10.2. The number of carboxylic acid groups (broad SMARTS) is 1. The molecule has 0 aromatic heterocycles. The number of amides is 1. The number of carbonyl (C=O) groups excluding carboxylic acids is 1. The number of nitrogens with zero attached hydrogens (tertiary/aromatic N) is 2. The van der Waals surface area contributed by atoms with Crippen molar-refractivity contribution in [1.82, 2.24) is 9.80 Å². The Morgan fingerprint density at radius 2 is 1.52 bits per heavy atom. The summed E-state index contributed by atoms with van der Waals surface area (Å²) < 4.78 is 31.7. The molecule has 0 unspecified atom stereocenters. The highest BCUT2D eigenvalue weighted by Crippen LogP contribution is 2.24. The third kappa shape index (κ3) is 12.1. The molecule has 222 valence electrons. The first-order valence-electron chi connectivity index (χ1n) is 14.0. The lowest BCUT2D eigenvalue weighted by Crippen LogP contribution is -2.31. The van der Waals surface area contributed by atoms with Crippen LogP contribution >= 0.6 is 0 Å². The number of carboxylic acids is 1. The van der Waals surface area contributed by atoms with Gasteiger partial charge in [0.1, 0.15) is 0 Å². The Bertz CT molecular complexity index is 1070. The maximum atomic E-state index is 12.9. The molecule has 0 bridgehead atoms. The first kappa shape index (κ1) is 33.3. The van der Waals surface area contributed by atoms with Crippen LogP contribution in [0, 0.1) is 0 Å². The molecule has 1 aliphatic heterocycles. The number of halogens is 3. The Morgan fingerprint density at radius 3 is 2.12 bits per heavy atom. The monoisotopic (exact) mass is 563 g/mol. The molecule has 9 heteroatoms. The molecule has 0 saturated carbocycles. The van der Waals surface area contributed by atoms with Gasteiger partial charge in [0.2, 0.25) is 0 Å². The largest absolute Gasteiger partial charge is 0.490 e. The average molecular weight is 564 g/mol. The first-order valence-corrected chi connectivity index (χ1v) is 14.0. The van der Waals surface area contributed by atoms with Gasteiger partial charge in [0, 0.05) is 30.9 Å². The van der Waals surface area contributed by atoms with Gasteiger partial charge in [-0.05, 0) is 73.3 Å². The van der Waals surface area contributed by atoms with Crippen molar-refractivity contribution in [3.05, 3.63) is 65.2 Å². The smallest absolute Gasteiger partial charge is 0.475 e. The van der Waals surface area contributed by atoms with Crippen molar-refractivity contribution in [1.29, 1.82) is 0 Å². The molecular formula is C31H44F3N3O3. The number of benzene rings is 2. The van der Waals surface area contributed by atoms with Gasteiger partial charge in [-0.1, -0.05) is 71.2 Å². The molecule has 2 N–H and O–H groups in total. The maximum Gasteiger partial charge on any atom is 0.490 e. The van der Waals surface area contributed by atoms with E-state index in [-0.39, 0.29) is 11.3 Å². The van der Waals surface area contributed by atoms with Crippen molar-refractivity contribution in [2.24, 2.45) is 0 Å². The number of anilines is 1. The van der Waals surface area contributed by atoms with Crippen LogP contribution in [0.25, 0.3) is 0 Å². The van der Waals surface area contributed by atoms with Gasteiger partial charge in [-0.15, -0.1) is 0 Å². The third-order valence-corrected chi connectivity index (χ3v) is 6.86. The molecule has 6 nitrogen and oxygen atoms in total. The van der Waals surface area contributed by atoms with Gasteiger partial charge < -0.3 is 15.3 Å². The number of nitrogens with one attached hydrogen (secondary N) is 1. The lowest BCUT2D eigenvalue weighted by atomic mass is 9.87. The van der Waals surface area contributed by atoms with E-state index in [1.165, 1.54) is 56.3 Å². The zero-order valence-electron chi connectivity index (χ0n) is 24.2. The van der Waals surface area contributed by atoms with E-state index >= 15 is 0 Å². The highest BCUT2D eigenvalue weighted by atomic mass is 19.4. The first-order chi connectivity index (χ1) is 18.8. The molecule has 1 amide bonds. The number of hydrogen-bond acceptors (Lipinski definition) is 4. The SMILES string of the molecule is CCCCCCN1CCCN(Cc2cccc(C(=O)Nc3ccc(C(C)(C)C)cc3)c2)CC1.O=C(O)C(F)(F)F. The zero-order valence-corrected chi connectivity index (χ0v) is 24.2. The summed E-state index contributed by atoms with van der Waals surface area (Å²) in [6.45, 7) is 15.6. The predicted molar refractivity (Wildman–Crippen MR) is 154 cm³/mol. The molecule has 1 fully saturated rings. The minimum Gasteiger partial charge on any atom is -0.475 e. The number of aliphatic carboxylic acids is 1. The predicted octanol–water partition coefficient (Wildman–Crippen LogP) is 6.96. The van der Waals surface area contributed by atoms with Gasteiger partial charge in [-0.25, -0.2) is 4.79 Å². The van der Waals surface area contributed by atoms with Crippen LogP contribution in [-0.4, -0.2) is 65.7 Å². The topological polar surface area (TPSA) is 72.9 Å². The molecule has 0 atom stereocenters. The quantitative estimate of drug-likeness (QED) is 0.323. The molecule has 1 aliphatic rings. The second-order valence-electron chi connectivity index (χ2n) is 11.3. The number of carbonyl (C=O) groups is 2. The van der Waals surface area contributed by atoms with Crippen LogP contribution < -0.4 is 5.32 Å². The van der Waals surface area contributed by atoms with Crippen LogP contribution in [0.4, 0.5) is 18.9 Å². The molecule has 1 heterocycles. The van der Waals surface area contributed by atoms with Crippen molar-refractivity contribution in [3.63, 3.8) is 0 Å². The number of unbranched alkanes of at least 4 members (excludes halogenated alkanes) is 3. The van der Waals surface area contributed by atoms with E-state index in [0.29, 0.717) is 0 Å². The van der Waals surface area contributed by atoms with Gasteiger partial charge in [0.05, 0.1) is 0 Å². The van der Waals surface area contributed by atoms with Crippen LogP contribution in [0.3, 0.4) is 0 Å². The Morgan fingerprint density at radius 1 is 0.900 bits per heavy atom. The van der Waals surface area contributed by atoms with Gasteiger partial charge in [-0.2, -0.15) is 13.2 Å². The minimum atomic E-state index is -5.08. The molecular weight excluding hydrogens is 519 g/mol. The Hall–Kier alpha value is -2.91. The summed E-state index contributed by atoms with van der Waals surface area (Å²) in [5.74, 6) is -2.80. The van der Waals surface area contributed by atoms with E-state index in [1.54, 1.807) is 0 Å². The van der Waals surface area contributed by atoms with Crippen molar-refractivity contribution in [2.75, 3.05) is 38.0 Å². The number of alkyl halides is 3. The molecule has 2 aromatic carbocycles. The Kier molecular flexibility index (Phi) is 13.1. The van der Waals surface area contributed by atoms with E-state index < -0.39 is 12.1 Å². The fourth-order valence-electron chi connectivity index (χ4n) is 4.49. The molecule has 0 radical (unpaired) electrons. The third-order valence-electron chi connectivity index (χ3n) is 6.86. The Labute approximate surface area is 236 Å². The van der Waals surface area contributed by atoms with E-state index in [1.807, 2.05) is 30.3 Å². The summed E-state index contributed by atoms with van der Waals surface area (Å²) in [6.07, 6.45) is 1.47. The minimum absolute atomic E-state index is 0.0468. The summed E-state index contributed by atoms with van der Waals surface area (Å²) in [5.41, 5.74) is 4.14. The lowest BCUT2D eigenvalue weighted by Gasteiger charge is -2.22. The molecule has 40 heavy (non-hydrogen) atoms. The molecule has 2 aromatic rings.